The number of piperidine rings is 1. The van der Waals surface area contributed by atoms with Gasteiger partial charge in [0.15, 0.2) is 5.82 Å². The lowest BCUT2D eigenvalue weighted by Crippen LogP contribution is -2.45. The van der Waals surface area contributed by atoms with E-state index < -0.39 is 5.82 Å². The van der Waals surface area contributed by atoms with E-state index in [4.69, 9.17) is 14.6 Å². The van der Waals surface area contributed by atoms with E-state index in [0.29, 0.717) is 17.3 Å². The summed E-state index contributed by atoms with van der Waals surface area (Å²) in [5.74, 6) is -0.249. The molecule has 2 N–H and O–H groups in total. The number of hydrogen-bond acceptors (Lipinski definition) is 5. The van der Waals surface area contributed by atoms with Crippen LogP contribution in [0.2, 0.25) is 0 Å². The SMILES string of the molecule is COc1cc(-c2cc(C(=O)N3CCCCC34CC4)[nH]n2)c(F)cn1.O=CO. The van der Waals surface area contributed by atoms with Crippen LogP contribution in [0.1, 0.15) is 42.6 Å². The highest BCUT2D eigenvalue weighted by Crippen LogP contribution is 2.48. The molecule has 2 fully saturated rings. The van der Waals surface area contributed by atoms with Gasteiger partial charge in [-0.2, -0.15) is 5.10 Å². The molecule has 2 aromatic heterocycles. The number of carbonyl (C=O) groups excluding carboxylic acids is 1. The number of rotatable bonds is 3. The third kappa shape index (κ3) is 3.76. The number of H-pyrrole nitrogens is 1. The molecule has 1 aliphatic carbocycles. The number of nitrogens with zero attached hydrogens (tertiary/aromatic N) is 3. The normalized spacial score (nSPS) is 17.0. The highest BCUT2D eigenvalue weighted by atomic mass is 19.1. The van der Waals surface area contributed by atoms with Crippen molar-refractivity contribution >= 4 is 12.4 Å². The van der Waals surface area contributed by atoms with Crippen LogP contribution in [-0.2, 0) is 4.79 Å². The van der Waals surface area contributed by atoms with Gasteiger partial charge in [0.05, 0.1) is 19.0 Å². The van der Waals surface area contributed by atoms with Crippen molar-refractivity contribution in [2.75, 3.05) is 13.7 Å². The summed E-state index contributed by atoms with van der Waals surface area (Å²) in [5, 5.41) is 13.8. The summed E-state index contributed by atoms with van der Waals surface area (Å²) < 4.78 is 19.0. The van der Waals surface area contributed by atoms with Gasteiger partial charge >= 0.3 is 0 Å². The lowest BCUT2D eigenvalue weighted by Gasteiger charge is -2.35. The fourth-order valence-electron chi connectivity index (χ4n) is 3.52. The van der Waals surface area contributed by atoms with Crippen LogP contribution >= 0.6 is 0 Å². The molecule has 3 heterocycles. The number of pyridine rings is 1. The van der Waals surface area contributed by atoms with Crippen molar-refractivity contribution in [1.29, 1.82) is 0 Å². The quantitative estimate of drug-likeness (QED) is 0.797. The standard InChI is InChI=1S/C17H19FN4O2.CH2O2/c1-24-15-8-11(12(18)10-19-15)13-9-14(21-20-13)16(23)22-7-3-2-4-17(22)5-6-17;2-1-3/h8-10H,2-7H2,1H3,(H,20,21);1H,(H,2,3). The van der Waals surface area contributed by atoms with Gasteiger partial charge in [-0.25, -0.2) is 9.37 Å². The molecule has 0 bridgehead atoms. The van der Waals surface area contributed by atoms with E-state index in [1.54, 1.807) is 6.07 Å². The Morgan fingerprint density at radius 1 is 1.37 bits per heavy atom. The second kappa shape index (κ2) is 7.73. The number of nitrogens with one attached hydrogen (secondary N) is 1. The van der Waals surface area contributed by atoms with Crippen molar-refractivity contribution in [1.82, 2.24) is 20.1 Å². The largest absolute Gasteiger partial charge is 0.483 e. The minimum Gasteiger partial charge on any atom is -0.483 e. The highest BCUT2D eigenvalue weighted by molar-refractivity contribution is 5.94. The zero-order valence-corrected chi connectivity index (χ0v) is 14.9. The van der Waals surface area contributed by atoms with Gasteiger partial charge in [0.1, 0.15) is 5.69 Å². The smallest absolute Gasteiger partial charge is 0.290 e. The molecule has 1 spiro atoms. The maximum Gasteiger partial charge on any atom is 0.290 e. The Kier molecular flexibility index (Phi) is 5.38. The molecule has 1 amide bonds. The number of likely N-dealkylation sites (tertiary alicyclic amines) is 1. The second-order valence-corrected chi connectivity index (χ2v) is 6.62. The number of aromatic nitrogens is 3. The minimum absolute atomic E-state index is 0.0487. The van der Waals surface area contributed by atoms with E-state index in [9.17, 15) is 9.18 Å². The molecule has 0 radical (unpaired) electrons. The predicted octanol–water partition coefficient (Wildman–Crippen LogP) is 2.48. The summed E-state index contributed by atoms with van der Waals surface area (Å²) in [5.41, 5.74) is 1.09. The zero-order valence-electron chi connectivity index (χ0n) is 14.9. The van der Waals surface area contributed by atoms with Crippen LogP contribution in [0.15, 0.2) is 18.3 Å². The predicted molar refractivity (Wildman–Crippen MR) is 93.9 cm³/mol. The van der Waals surface area contributed by atoms with Crippen LogP contribution < -0.4 is 4.74 Å². The first-order chi connectivity index (χ1) is 13.0. The molecule has 8 nitrogen and oxygen atoms in total. The van der Waals surface area contributed by atoms with Crippen LogP contribution in [0.3, 0.4) is 0 Å². The van der Waals surface area contributed by atoms with Crippen molar-refractivity contribution in [3.8, 4) is 17.1 Å². The van der Waals surface area contributed by atoms with Gasteiger partial charge in [-0.1, -0.05) is 0 Å². The fraction of sp³-hybridized carbons (Fsp3) is 0.444. The summed E-state index contributed by atoms with van der Waals surface area (Å²) in [6.45, 7) is 0.532. The summed E-state index contributed by atoms with van der Waals surface area (Å²) >= 11 is 0. The van der Waals surface area contributed by atoms with E-state index in [-0.39, 0.29) is 23.5 Å². The van der Waals surface area contributed by atoms with E-state index >= 15 is 0 Å². The molecule has 1 aliphatic heterocycles. The third-order valence-electron chi connectivity index (χ3n) is 5.04. The number of hydrogen-bond donors (Lipinski definition) is 2. The van der Waals surface area contributed by atoms with Gasteiger partial charge in [-0.15, -0.1) is 0 Å². The molecule has 0 aromatic carbocycles. The molecule has 9 heteroatoms. The van der Waals surface area contributed by atoms with Crippen molar-refractivity contribution in [3.63, 3.8) is 0 Å². The molecular weight excluding hydrogens is 355 g/mol. The number of amides is 1. The first-order valence-corrected chi connectivity index (χ1v) is 8.70. The average Bonchev–Trinajstić information content (AvgIpc) is 3.26. The first-order valence-electron chi connectivity index (χ1n) is 8.70. The van der Waals surface area contributed by atoms with E-state index in [1.165, 1.54) is 19.6 Å². The Labute approximate surface area is 155 Å². The van der Waals surface area contributed by atoms with Crippen molar-refractivity contribution in [2.24, 2.45) is 0 Å². The minimum atomic E-state index is -0.502. The maximum atomic E-state index is 14.0. The topological polar surface area (TPSA) is 108 Å². The fourth-order valence-corrected chi connectivity index (χ4v) is 3.52. The van der Waals surface area contributed by atoms with Crippen molar-refractivity contribution in [3.05, 3.63) is 29.8 Å². The van der Waals surface area contributed by atoms with Gasteiger partial charge in [-0.3, -0.25) is 14.7 Å². The monoisotopic (exact) mass is 376 g/mol. The van der Waals surface area contributed by atoms with Gasteiger partial charge in [-0.05, 0) is 38.2 Å². The molecule has 2 aliphatic rings. The Morgan fingerprint density at radius 2 is 2.11 bits per heavy atom. The van der Waals surface area contributed by atoms with Gasteiger partial charge in [0.25, 0.3) is 12.4 Å². The Bertz CT molecular complexity index is 835. The Morgan fingerprint density at radius 3 is 2.78 bits per heavy atom. The molecule has 1 saturated carbocycles. The lowest BCUT2D eigenvalue weighted by atomic mass is 9.99. The summed E-state index contributed by atoms with van der Waals surface area (Å²) in [4.78, 5) is 27.0. The van der Waals surface area contributed by atoms with Crippen molar-refractivity contribution in [2.45, 2.75) is 37.6 Å². The molecule has 2 aromatic rings. The lowest BCUT2D eigenvalue weighted by molar-refractivity contribution is -0.122. The van der Waals surface area contributed by atoms with Gasteiger partial charge in [0, 0.05) is 23.7 Å². The van der Waals surface area contributed by atoms with Crippen LogP contribution in [-0.4, -0.2) is 56.8 Å². The van der Waals surface area contributed by atoms with E-state index in [1.807, 2.05) is 4.90 Å². The Hall–Kier alpha value is -2.97. The van der Waals surface area contributed by atoms with E-state index in [0.717, 1.165) is 38.4 Å². The molecule has 144 valence electrons. The summed E-state index contributed by atoms with van der Waals surface area (Å²) in [6, 6.07) is 3.08. The second-order valence-electron chi connectivity index (χ2n) is 6.62. The van der Waals surface area contributed by atoms with Gasteiger partial charge < -0.3 is 14.7 Å². The van der Waals surface area contributed by atoms with E-state index in [2.05, 4.69) is 15.2 Å². The number of carboxylic acid groups (broad SMARTS) is 1. The molecule has 4 rings (SSSR count). The molecule has 0 unspecified atom stereocenters. The first kappa shape index (κ1) is 18.8. The number of ether oxygens (including phenoxy) is 1. The van der Waals surface area contributed by atoms with Crippen LogP contribution in [0.5, 0.6) is 5.88 Å². The summed E-state index contributed by atoms with van der Waals surface area (Å²) in [7, 11) is 1.47. The number of carbonyl (C=O) groups is 2. The third-order valence-corrected chi connectivity index (χ3v) is 5.04. The van der Waals surface area contributed by atoms with Gasteiger partial charge in [0.2, 0.25) is 5.88 Å². The molecule has 27 heavy (non-hydrogen) atoms. The highest BCUT2D eigenvalue weighted by Gasteiger charge is 2.51. The number of aromatic amines is 1. The number of methoxy groups -OCH3 is 1. The zero-order chi connectivity index (χ0) is 19.4. The average molecular weight is 376 g/mol. The Balaban J connectivity index is 0.000000659. The van der Waals surface area contributed by atoms with Crippen molar-refractivity contribution < 1.29 is 23.8 Å². The van der Waals surface area contributed by atoms with Crippen LogP contribution in [0, 0.1) is 5.82 Å². The van der Waals surface area contributed by atoms with Crippen LogP contribution in [0.25, 0.3) is 11.3 Å². The van der Waals surface area contributed by atoms with Crippen LogP contribution in [0.4, 0.5) is 4.39 Å². The number of halogens is 1. The maximum absolute atomic E-state index is 14.0. The molecule has 0 atom stereocenters. The molecule has 1 saturated heterocycles. The summed E-state index contributed by atoms with van der Waals surface area (Å²) in [6.07, 6.45) is 6.54. The molecular formula is C18H21FN4O4.